The number of guanidine groups is 1. The Labute approximate surface area is 213 Å². The van der Waals surface area contributed by atoms with E-state index in [9.17, 15) is 0 Å². The standard InChI is InChI=1S/C25H32N6O.HI/c1-2-26-25(27-14-12-21-4-10-24(11-5-21)31-15-3-13-29-31)28-20-22-6-8-23(9-7-22)30-16-18-32-19-17-30;/h3-11,13,15H,2,12,14,16-20H2,1H3,(H2,26,27,28);1H. The van der Waals surface area contributed by atoms with Crippen LogP contribution in [0.1, 0.15) is 18.1 Å². The van der Waals surface area contributed by atoms with Crippen LogP contribution >= 0.6 is 24.0 Å². The van der Waals surface area contributed by atoms with Gasteiger partial charge in [-0.1, -0.05) is 24.3 Å². The van der Waals surface area contributed by atoms with Crippen LogP contribution < -0.4 is 15.5 Å². The van der Waals surface area contributed by atoms with Gasteiger partial charge in [0.25, 0.3) is 0 Å². The SMILES string of the molecule is CCNC(=NCc1ccc(N2CCOCC2)cc1)NCCc1ccc(-n2cccn2)cc1.I. The highest BCUT2D eigenvalue weighted by Crippen LogP contribution is 2.17. The van der Waals surface area contributed by atoms with Crippen LogP contribution in [-0.2, 0) is 17.7 Å². The van der Waals surface area contributed by atoms with Gasteiger partial charge in [-0.2, -0.15) is 5.10 Å². The number of anilines is 1. The number of ether oxygens (including phenoxy) is 1. The van der Waals surface area contributed by atoms with E-state index in [1.54, 1.807) is 6.20 Å². The molecule has 0 aliphatic carbocycles. The van der Waals surface area contributed by atoms with Gasteiger partial charge in [-0.05, 0) is 54.8 Å². The van der Waals surface area contributed by atoms with Gasteiger partial charge in [0.15, 0.2) is 5.96 Å². The van der Waals surface area contributed by atoms with E-state index in [0.29, 0.717) is 6.54 Å². The second-order valence-electron chi connectivity index (χ2n) is 7.75. The number of nitrogens with one attached hydrogen (secondary N) is 2. The Hall–Kier alpha value is -2.59. The first-order valence-corrected chi connectivity index (χ1v) is 11.3. The molecule has 4 rings (SSSR count). The number of morpholine rings is 1. The van der Waals surface area contributed by atoms with Crippen LogP contribution in [0.2, 0.25) is 0 Å². The predicted molar refractivity (Wildman–Crippen MR) is 145 cm³/mol. The Balaban J connectivity index is 0.00000306. The van der Waals surface area contributed by atoms with E-state index in [4.69, 9.17) is 9.73 Å². The van der Waals surface area contributed by atoms with Crippen LogP contribution in [0.3, 0.4) is 0 Å². The highest BCUT2D eigenvalue weighted by Gasteiger charge is 2.10. The minimum Gasteiger partial charge on any atom is -0.378 e. The molecule has 0 spiro atoms. The van der Waals surface area contributed by atoms with Crippen molar-refractivity contribution in [3.63, 3.8) is 0 Å². The maximum Gasteiger partial charge on any atom is 0.191 e. The second kappa shape index (κ2) is 13.2. The van der Waals surface area contributed by atoms with Crippen molar-refractivity contribution < 1.29 is 4.74 Å². The van der Waals surface area contributed by atoms with Crippen LogP contribution in [0.25, 0.3) is 5.69 Å². The Morgan fingerprint density at radius 2 is 1.67 bits per heavy atom. The van der Waals surface area contributed by atoms with Crippen LogP contribution in [0, 0.1) is 0 Å². The van der Waals surface area contributed by atoms with Crippen LogP contribution in [0.15, 0.2) is 72.0 Å². The summed E-state index contributed by atoms with van der Waals surface area (Å²) in [6.45, 7) is 7.91. The average molecular weight is 560 g/mol. The summed E-state index contributed by atoms with van der Waals surface area (Å²) < 4.78 is 7.30. The monoisotopic (exact) mass is 560 g/mol. The fourth-order valence-electron chi connectivity index (χ4n) is 3.71. The zero-order chi connectivity index (χ0) is 22.0. The maximum atomic E-state index is 5.44. The Morgan fingerprint density at radius 3 is 2.33 bits per heavy atom. The van der Waals surface area contributed by atoms with Crippen molar-refractivity contribution in [2.75, 3.05) is 44.3 Å². The molecule has 8 heteroatoms. The maximum absolute atomic E-state index is 5.44. The molecular formula is C25H33IN6O. The van der Waals surface area contributed by atoms with E-state index in [1.165, 1.54) is 16.8 Å². The van der Waals surface area contributed by atoms with E-state index in [-0.39, 0.29) is 24.0 Å². The van der Waals surface area contributed by atoms with Crippen LogP contribution in [0.4, 0.5) is 5.69 Å². The summed E-state index contributed by atoms with van der Waals surface area (Å²) in [5.41, 5.74) is 4.81. The first kappa shape index (κ1) is 25.0. The van der Waals surface area contributed by atoms with E-state index in [2.05, 4.69) is 76.1 Å². The smallest absolute Gasteiger partial charge is 0.191 e. The topological polar surface area (TPSA) is 66.7 Å². The molecule has 0 unspecified atom stereocenters. The molecule has 2 N–H and O–H groups in total. The largest absolute Gasteiger partial charge is 0.378 e. The number of hydrogen-bond donors (Lipinski definition) is 2. The molecule has 0 saturated carbocycles. The number of halogens is 1. The molecule has 1 aromatic heterocycles. The van der Waals surface area contributed by atoms with Crippen molar-refractivity contribution in [2.24, 2.45) is 4.99 Å². The molecule has 176 valence electrons. The molecule has 1 saturated heterocycles. The minimum absolute atomic E-state index is 0. The zero-order valence-corrected chi connectivity index (χ0v) is 21.4. The van der Waals surface area contributed by atoms with Crippen molar-refractivity contribution in [1.29, 1.82) is 0 Å². The molecule has 33 heavy (non-hydrogen) atoms. The van der Waals surface area contributed by atoms with Gasteiger partial charge in [-0.25, -0.2) is 9.67 Å². The van der Waals surface area contributed by atoms with Crippen LogP contribution in [-0.4, -0.2) is 55.1 Å². The van der Waals surface area contributed by atoms with Gasteiger partial charge in [0.05, 0.1) is 25.4 Å². The van der Waals surface area contributed by atoms with Gasteiger partial charge in [-0.3, -0.25) is 0 Å². The summed E-state index contributed by atoms with van der Waals surface area (Å²) in [6.07, 6.45) is 4.67. The fourth-order valence-corrected chi connectivity index (χ4v) is 3.71. The molecule has 0 bridgehead atoms. The van der Waals surface area contributed by atoms with Gasteiger partial charge < -0.3 is 20.3 Å². The van der Waals surface area contributed by atoms with E-state index in [1.807, 2.05) is 16.9 Å². The molecule has 0 radical (unpaired) electrons. The molecule has 2 aromatic carbocycles. The Bertz CT molecular complexity index is 967. The molecule has 7 nitrogen and oxygen atoms in total. The lowest BCUT2D eigenvalue weighted by Gasteiger charge is -2.28. The highest BCUT2D eigenvalue weighted by molar-refractivity contribution is 14.0. The number of nitrogens with zero attached hydrogens (tertiary/aromatic N) is 4. The molecule has 2 heterocycles. The third kappa shape index (κ3) is 7.46. The number of hydrogen-bond acceptors (Lipinski definition) is 4. The normalized spacial score (nSPS) is 14.0. The summed E-state index contributed by atoms with van der Waals surface area (Å²) in [4.78, 5) is 7.12. The highest BCUT2D eigenvalue weighted by atomic mass is 127. The molecule has 0 atom stereocenters. The lowest BCUT2D eigenvalue weighted by molar-refractivity contribution is 0.122. The predicted octanol–water partition coefficient (Wildman–Crippen LogP) is 3.62. The summed E-state index contributed by atoms with van der Waals surface area (Å²) >= 11 is 0. The van der Waals surface area contributed by atoms with E-state index >= 15 is 0 Å². The first-order chi connectivity index (χ1) is 15.8. The van der Waals surface area contributed by atoms with Crippen molar-refractivity contribution in [1.82, 2.24) is 20.4 Å². The Kier molecular flexibility index (Phi) is 10.0. The second-order valence-corrected chi connectivity index (χ2v) is 7.75. The molecule has 1 fully saturated rings. The number of rotatable bonds is 8. The van der Waals surface area contributed by atoms with Gasteiger partial charge in [0, 0.05) is 44.3 Å². The molecular weight excluding hydrogens is 527 g/mol. The van der Waals surface area contributed by atoms with Crippen molar-refractivity contribution in [2.45, 2.75) is 19.9 Å². The van der Waals surface area contributed by atoms with Crippen molar-refractivity contribution in [3.8, 4) is 5.69 Å². The van der Waals surface area contributed by atoms with Gasteiger partial charge in [0.2, 0.25) is 0 Å². The van der Waals surface area contributed by atoms with Crippen LogP contribution in [0.5, 0.6) is 0 Å². The molecule has 1 aliphatic rings. The average Bonchev–Trinajstić information content (AvgIpc) is 3.39. The number of benzene rings is 2. The molecule has 0 amide bonds. The van der Waals surface area contributed by atoms with Crippen molar-refractivity contribution in [3.05, 3.63) is 78.1 Å². The molecule has 3 aromatic rings. The summed E-state index contributed by atoms with van der Waals surface area (Å²) in [5, 5.41) is 11.0. The van der Waals surface area contributed by atoms with Gasteiger partial charge >= 0.3 is 0 Å². The third-order valence-electron chi connectivity index (χ3n) is 5.49. The number of aromatic nitrogens is 2. The summed E-state index contributed by atoms with van der Waals surface area (Å²) in [6, 6.07) is 19.1. The van der Waals surface area contributed by atoms with E-state index < -0.39 is 0 Å². The lowest BCUT2D eigenvalue weighted by atomic mass is 10.1. The number of aliphatic imine (C=N–C) groups is 1. The third-order valence-corrected chi connectivity index (χ3v) is 5.49. The summed E-state index contributed by atoms with van der Waals surface area (Å²) in [5.74, 6) is 0.845. The minimum atomic E-state index is 0. The van der Waals surface area contributed by atoms with Gasteiger partial charge in [0.1, 0.15) is 0 Å². The Morgan fingerprint density at radius 1 is 0.970 bits per heavy atom. The first-order valence-electron chi connectivity index (χ1n) is 11.3. The van der Waals surface area contributed by atoms with Gasteiger partial charge in [-0.15, -0.1) is 24.0 Å². The zero-order valence-electron chi connectivity index (χ0n) is 19.1. The van der Waals surface area contributed by atoms with Crippen molar-refractivity contribution >= 4 is 35.6 Å². The fraction of sp³-hybridized carbons (Fsp3) is 0.360. The lowest BCUT2D eigenvalue weighted by Crippen LogP contribution is -2.38. The van der Waals surface area contributed by atoms with E-state index in [0.717, 1.165) is 57.5 Å². The quantitative estimate of drug-likeness (QED) is 0.250. The summed E-state index contributed by atoms with van der Waals surface area (Å²) in [7, 11) is 0. The molecule has 1 aliphatic heterocycles.